The van der Waals surface area contributed by atoms with Crippen LogP contribution < -0.4 is 15.0 Å². The number of hydrogen-bond acceptors (Lipinski definition) is 4. The van der Waals surface area contributed by atoms with Gasteiger partial charge in [0, 0.05) is 37.6 Å². The Hall–Kier alpha value is -2.73. The van der Waals surface area contributed by atoms with Gasteiger partial charge in [0.2, 0.25) is 5.91 Å². The molecule has 1 N–H and O–H groups in total. The van der Waals surface area contributed by atoms with Crippen LogP contribution in [0, 0.1) is 0 Å². The normalized spacial score (nSPS) is 14.8. The highest BCUT2D eigenvalue weighted by Gasteiger charge is 2.22. The maximum Gasteiger partial charge on any atom is 0.262 e. The maximum absolute atomic E-state index is 12.6. The predicted octanol–water partition coefficient (Wildman–Crippen LogP) is 4.93. The summed E-state index contributed by atoms with van der Waals surface area (Å²) in [5, 5.41) is 3.48. The number of carbonyl (C=O) groups excluding carboxylic acids is 2. The second-order valence-corrected chi connectivity index (χ2v) is 8.53. The first-order valence-electron chi connectivity index (χ1n) is 11.3. The number of anilines is 2. The van der Waals surface area contributed by atoms with Crippen LogP contribution >= 0.6 is 11.6 Å². The molecule has 1 saturated heterocycles. The Morgan fingerprint density at radius 2 is 1.75 bits per heavy atom. The Morgan fingerprint density at radius 1 is 1.06 bits per heavy atom. The van der Waals surface area contributed by atoms with Gasteiger partial charge in [-0.1, -0.05) is 44.5 Å². The van der Waals surface area contributed by atoms with Gasteiger partial charge in [-0.25, -0.2) is 0 Å². The lowest BCUT2D eigenvalue weighted by molar-refractivity contribution is -0.131. The fourth-order valence-corrected chi connectivity index (χ4v) is 3.94. The molecule has 0 aliphatic carbocycles. The quantitative estimate of drug-likeness (QED) is 0.610. The van der Waals surface area contributed by atoms with E-state index in [-0.39, 0.29) is 18.4 Å². The molecule has 1 heterocycles. The Kier molecular flexibility index (Phi) is 8.39. The molecule has 1 aliphatic rings. The standard InChI is InChI=1S/C25H32ClN3O3/c1-4-18(3)19-6-9-21(10-7-19)32-17-24(30)27-22-16-20(26)8-11-23(22)28-12-14-29(15-13-28)25(31)5-2/h6-11,16,18H,4-5,12-15,17H2,1-3H3,(H,27,30)/t18-/m1/s1. The lowest BCUT2D eigenvalue weighted by Crippen LogP contribution is -2.48. The second kappa shape index (κ2) is 11.2. The van der Waals surface area contributed by atoms with E-state index < -0.39 is 0 Å². The number of carbonyl (C=O) groups is 2. The third kappa shape index (κ3) is 6.16. The van der Waals surface area contributed by atoms with Crippen LogP contribution in [0.15, 0.2) is 42.5 Å². The van der Waals surface area contributed by atoms with Crippen molar-refractivity contribution in [2.24, 2.45) is 0 Å². The van der Waals surface area contributed by atoms with Crippen molar-refractivity contribution >= 4 is 34.8 Å². The molecule has 2 aromatic carbocycles. The summed E-state index contributed by atoms with van der Waals surface area (Å²) < 4.78 is 5.67. The molecule has 2 amide bonds. The Bertz CT molecular complexity index is 925. The zero-order chi connectivity index (χ0) is 23.1. The molecular formula is C25H32ClN3O3. The van der Waals surface area contributed by atoms with Gasteiger partial charge in [-0.15, -0.1) is 0 Å². The summed E-state index contributed by atoms with van der Waals surface area (Å²) >= 11 is 6.19. The molecule has 172 valence electrons. The third-order valence-corrected chi connectivity index (χ3v) is 6.17. The average molecular weight is 458 g/mol. The number of nitrogens with zero attached hydrogens (tertiary/aromatic N) is 2. The number of piperazine rings is 1. The molecule has 3 rings (SSSR count). The van der Waals surface area contributed by atoms with E-state index in [4.69, 9.17) is 16.3 Å². The monoisotopic (exact) mass is 457 g/mol. The number of rotatable bonds is 8. The van der Waals surface area contributed by atoms with Gasteiger partial charge in [-0.2, -0.15) is 0 Å². The van der Waals surface area contributed by atoms with Gasteiger partial charge in [-0.05, 0) is 48.2 Å². The molecule has 0 saturated carbocycles. The van der Waals surface area contributed by atoms with Gasteiger partial charge in [0.05, 0.1) is 11.4 Å². The molecule has 1 fully saturated rings. The minimum absolute atomic E-state index is 0.0899. The van der Waals surface area contributed by atoms with Crippen LogP contribution in [0.2, 0.25) is 5.02 Å². The van der Waals surface area contributed by atoms with Crippen LogP contribution in [0.1, 0.15) is 45.1 Å². The molecule has 0 aromatic heterocycles. The van der Waals surface area contributed by atoms with Crippen LogP contribution in [-0.2, 0) is 9.59 Å². The lowest BCUT2D eigenvalue weighted by atomic mass is 9.99. The largest absolute Gasteiger partial charge is 0.484 e. The summed E-state index contributed by atoms with van der Waals surface area (Å²) in [6.07, 6.45) is 1.59. The van der Waals surface area contributed by atoms with E-state index in [1.54, 1.807) is 6.07 Å². The van der Waals surface area contributed by atoms with Crippen molar-refractivity contribution in [2.75, 3.05) is 43.0 Å². The summed E-state index contributed by atoms with van der Waals surface area (Å²) in [5.41, 5.74) is 2.80. The van der Waals surface area contributed by atoms with E-state index in [0.29, 0.717) is 55.0 Å². The van der Waals surface area contributed by atoms with Gasteiger partial charge in [0.15, 0.2) is 6.61 Å². The fourth-order valence-electron chi connectivity index (χ4n) is 3.77. The summed E-state index contributed by atoms with van der Waals surface area (Å²) in [5.74, 6) is 1.08. The van der Waals surface area contributed by atoms with Crippen LogP contribution in [0.25, 0.3) is 0 Å². The number of ether oxygens (including phenoxy) is 1. The van der Waals surface area contributed by atoms with Crippen LogP contribution in [-0.4, -0.2) is 49.5 Å². The second-order valence-electron chi connectivity index (χ2n) is 8.10. The zero-order valence-electron chi connectivity index (χ0n) is 19.1. The van der Waals surface area contributed by atoms with Crippen LogP contribution in [0.4, 0.5) is 11.4 Å². The van der Waals surface area contributed by atoms with Gasteiger partial charge in [-0.3, -0.25) is 9.59 Å². The third-order valence-electron chi connectivity index (χ3n) is 5.94. The Balaban J connectivity index is 1.60. The van der Waals surface area contributed by atoms with E-state index in [1.165, 1.54) is 5.56 Å². The van der Waals surface area contributed by atoms with Crippen molar-refractivity contribution in [1.29, 1.82) is 0 Å². The molecule has 0 unspecified atom stereocenters. The lowest BCUT2D eigenvalue weighted by Gasteiger charge is -2.37. The van der Waals surface area contributed by atoms with Crippen molar-refractivity contribution in [3.05, 3.63) is 53.1 Å². The minimum Gasteiger partial charge on any atom is -0.484 e. The average Bonchev–Trinajstić information content (AvgIpc) is 2.82. The number of benzene rings is 2. The topological polar surface area (TPSA) is 61.9 Å². The summed E-state index contributed by atoms with van der Waals surface area (Å²) in [6.45, 7) is 8.88. The van der Waals surface area contributed by atoms with Gasteiger partial charge in [0.25, 0.3) is 5.91 Å². The zero-order valence-corrected chi connectivity index (χ0v) is 19.8. The first-order chi connectivity index (χ1) is 15.4. The molecule has 0 bridgehead atoms. The number of hydrogen-bond donors (Lipinski definition) is 1. The molecule has 1 atom stereocenters. The fraction of sp³-hybridized carbons (Fsp3) is 0.440. The number of nitrogens with one attached hydrogen (secondary N) is 1. The SMILES string of the molecule is CCC(=O)N1CCN(c2ccc(Cl)cc2NC(=O)COc2ccc([C@H](C)CC)cc2)CC1. The van der Waals surface area contributed by atoms with Gasteiger partial charge >= 0.3 is 0 Å². The van der Waals surface area contributed by atoms with Crippen molar-refractivity contribution < 1.29 is 14.3 Å². The summed E-state index contributed by atoms with van der Waals surface area (Å²) in [4.78, 5) is 28.6. The molecule has 2 aromatic rings. The molecule has 0 radical (unpaired) electrons. The number of amides is 2. The molecule has 32 heavy (non-hydrogen) atoms. The molecule has 1 aliphatic heterocycles. The van der Waals surface area contributed by atoms with E-state index in [0.717, 1.165) is 12.1 Å². The summed E-state index contributed by atoms with van der Waals surface area (Å²) in [7, 11) is 0. The Morgan fingerprint density at radius 3 is 2.38 bits per heavy atom. The van der Waals surface area contributed by atoms with Crippen molar-refractivity contribution in [2.45, 2.75) is 39.5 Å². The molecular weight excluding hydrogens is 426 g/mol. The molecule has 7 heteroatoms. The highest BCUT2D eigenvalue weighted by molar-refractivity contribution is 6.31. The number of halogens is 1. The van der Waals surface area contributed by atoms with E-state index in [2.05, 4.69) is 24.1 Å². The predicted molar refractivity (Wildman–Crippen MR) is 130 cm³/mol. The van der Waals surface area contributed by atoms with E-state index in [1.807, 2.05) is 48.2 Å². The molecule has 0 spiro atoms. The highest BCUT2D eigenvalue weighted by Crippen LogP contribution is 2.30. The maximum atomic E-state index is 12.6. The smallest absolute Gasteiger partial charge is 0.262 e. The van der Waals surface area contributed by atoms with E-state index in [9.17, 15) is 9.59 Å². The van der Waals surface area contributed by atoms with Gasteiger partial charge in [0.1, 0.15) is 5.75 Å². The van der Waals surface area contributed by atoms with Gasteiger partial charge < -0.3 is 19.9 Å². The van der Waals surface area contributed by atoms with Crippen LogP contribution in [0.3, 0.4) is 0 Å². The Labute approximate surface area is 195 Å². The minimum atomic E-state index is -0.251. The van der Waals surface area contributed by atoms with Crippen LogP contribution in [0.5, 0.6) is 5.75 Å². The van der Waals surface area contributed by atoms with Crippen molar-refractivity contribution in [1.82, 2.24) is 4.90 Å². The first-order valence-corrected chi connectivity index (χ1v) is 11.6. The first kappa shape index (κ1) is 23.9. The molecule has 6 nitrogen and oxygen atoms in total. The summed E-state index contributed by atoms with van der Waals surface area (Å²) in [6, 6.07) is 13.3. The van der Waals surface area contributed by atoms with Crippen molar-refractivity contribution in [3.63, 3.8) is 0 Å². The van der Waals surface area contributed by atoms with Crippen molar-refractivity contribution in [3.8, 4) is 5.75 Å². The van der Waals surface area contributed by atoms with E-state index >= 15 is 0 Å². The highest BCUT2D eigenvalue weighted by atomic mass is 35.5.